The molecule has 0 bridgehead atoms. The summed E-state index contributed by atoms with van der Waals surface area (Å²) in [5, 5.41) is 2.85. The van der Waals surface area contributed by atoms with Gasteiger partial charge in [-0.25, -0.2) is 0 Å². The highest BCUT2D eigenvalue weighted by Crippen LogP contribution is 2.23. The second-order valence-electron chi connectivity index (χ2n) is 4.12. The average molecular weight is 285 g/mol. The van der Waals surface area contributed by atoms with Gasteiger partial charge >= 0.3 is 0 Å². The molecule has 0 fully saturated rings. The number of rotatable bonds is 3. The summed E-state index contributed by atoms with van der Waals surface area (Å²) >= 11 is 3.42. The lowest BCUT2D eigenvalue weighted by molar-refractivity contribution is -0.119. The molecule has 0 spiro atoms. The molecule has 1 aromatic carbocycles. The van der Waals surface area contributed by atoms with Gasteiger partial charge < -0.3 is 11.1 Å². The number of benzene rings is 1. The Labute approximate surface area is 105 Å². The number of halogens is 1. The Hall–Kier alpha value is -0.870. The molecule has 1 rings (SSSR count). The maximum absolute atomic E-state index is 11.8. The Balaban J connectivity index is 2.77. The number of nitrogens with two attached hydrogens (primary N) is 1. The van der Waals surface area contributed by atoms with E-state index in [1.807, 2.05) is 39.0 Å². The zero-order chi connectivity index (χ0) is 12.3. The molecule has 1 amide bonds. The van der Waals surface area contributed by atoms with Crippen LogP contribution in [0.3, 0.4) is 0 Å². The zero-order valence-corrected chi connectivity index (χ0v) is 11.3. The minimum atomic E-state index is -0.201. The van der Waals surface area contributed by atoms with Crippen molar-refractivity contribution < 1.29 is 4.79 Å². The average Bonchev–Trinajstić information content (AvgIpc) is 2.20. The first-order valence-electron chi connectivity index (χ1n) is 5.24. The molecule has 0 aliphatic rings. The van der Waals surface area contributed by atoms with Crippen molar-refractivity contribution in [3.63, 3.8) is 0 Å². The third-order valence-electron chi connectivity index (χ3n) is 2.58. The van der Waals surface area contributed by atoms with Gasteiger partial charge in [-0.1, -0.05) is 13.0 Å². The second-order valence-corrected chi connectivity index (χ2v) is 4.97. The standard InChI is InChI=1S/C12H17BrN2O/c1-7-4-5-11(10(13)6-7)15-12(16)8(2)9(3)14/h4-6,8-9H,14H2,1-3H3,(H,15,16). The van der Waals surface area contributed by atoms with Gasteiger partial charge in [0.1, 0.15) is 0 Å². The van der Waals surface area contributed by atoms with Gasteiger partial charge in [0.2, 0.25) is 5.91 Å². The van der Waals surface area contributed by atoms with Crippen LogP contribution >= 0.6 is 15.9 Å². The fourth-order valence-corrected chi connectivity index (χ4v) is 1.80. The van der Waals surface area contributed by atoms with E-state index in [9.17, 15) is 4.79 Å². The number of hydrogen-bond donors (Lipinski definition) is 2. The van der Waals surface area contributed by atoms with Crippen LogP contribution in [-0.4, -0.2) is 11.9 Å². The SMILES string of the molecule is Cc1ccc(NC(=O)C(C)C(C)N)c(Br)c1. The monoisotopic (exact) mass is 284 g/mol. The first kappa shape index (κ1) is 13.2. The predicted molar refractivity (Wildman–Crippen MR) is 70.3 cm³/mol. The highest BCUT2D eigenvalue weighted by atomic mass is 79.9. The van der Waals surface area contributed by atoms with Crippen LogP contribution in [0, 0.1) is 12.8 Å². The summed E-state index contributed by atoms with van der Waals surface area (Å²) in [6.45, 7) is 5.65. The van der Waals surface area contributed by atoms with Crippen LogP contribution in [-0.2, 0) is 4.79 Å². The molecule has 2 unspecified atom stereocenters. The van der Waals surface area contributed by atoms with E-state index in [1.54, 1.807) is 0 Å². The summed E-state index contributed by atoms with van der Waals surface area (Å²) in [7, 11) is 0. The maximum Gasteiger partial charge on any atom is 0.228 e. The van der Waals surface area contributed by atoms with E-state index in [4.69, 9.17) is 5.73 Å². The van der Waals surface area contributed by atoms with E-state index in [-0.39, 0.29) is 17.9 Å². The van der Waals surface area contributed by atoms with Gasteiger partial charge in [0.05, 0.1) is 11.6 Å². The molecule has 0 aliphatic heterocycles. The normalized spacial score (nSPS) is 14.3. The Morgan fingerprint density at radius 2 is 2.06 bits per heavy atom. The number of carbonyl (C=O) groups is 1. The van der Waals surface area contributed by atoms with Crippen LogP contribution < -0.4 is 11.1 Å². The number of hydrogen-bond acceptors (Lipinski definition) is 2. The van der Waals surface area contributed by atoms with Crippen molar-refractivity contribution in [3.05, 3.63) is 28.2 Å². The zero-order valence-electron chi connectivity index (χ0n) is 9.75. The smallest absolute Gasteiger partial charge is 0.228 e. The number of anilines is 1. The summed E-state index contributed by atoms with van der Waals surface area (Å²) in [6.07, 6.45) is 0. The van der Waals surface area contributed by atoms with Crippen molar-refractivity contribution in [3.8, 4) is 0 Å². The lowest BCUT2D eigenvalue weighted by Gasteiger charge is -2.16. The molecule has 88 valence electrons. The van der Waals surface area contributed by atoms with Crippen LogP contribution in [0.1, 0.15) is 19.4 Å². The molecule has 2 atom stereocenters. The summed E-state index contributed by atoms with van der Waals surface area (Å²) in [5.41, 5.74) is 7.60. The molecule has 0 saturated heterocycles. The summed E-state index contributed by atoms with van der Waals surface area (Å²) < 4.78 is 0.887. The van der Waals surface area contributed by atoms with Crippen LogP contribution in [0.2, 0.25) is 0 Å². The van der Waals surface area contributed by atoms with E-state index in [2.05, 4.69) is 21.2 Å². The molecular weight excluding hydrogens is 268 g/mol. The van der Waals surface area contributed by atoms with E-state index < -0.39 is 0 Å². The summed E-state index contributed by atoms with van der Waals surface area (Å²) in [4.78, 5) is 11.8. The number of aryl methyl sites for hydroxylation is 1. The molecule has 1 aromatic rings. The van der Waals surface area contributed by atoms with Crippen molar-refractivity contribution >= 4 is 27.5 Å². The number of amides is 1. The highest BCUT2D eigenvalue weighted by molar-refractivity contribution is 9.10. The van der Waals surface area contributed by atoms with Crippen LogP contribution in [0.25, 0.3) is 0 Å². The van der Waals surface area contributed by atoms with Crippen LogP contribution in [0.5, 0.6) is 0 Å². The molecule has 0 saturated carbocycles. The summed E-state index contributed by atoms with van der Waals surface area (Å²) in [5.74, 6) is -0.257. The molecule has 0 radical (unpaired) electrons. The number of nitrogens with one attached hydrogen (secondary N) is 1. The van der Waals surface area contributed by atoms with Crippen molar-refractivity contribution in [2.24, 2.45) is 11.7 Å². The quantitative estimate of drug-likeness (QED) is 0.897. The van der Waals surface area contributed by atoms with E-state index in [0.29, 0.717) is 0 Å². The van der Waals surface area contributed by atoms with Crippen molar-refractivity contribution in [1.29, 1.82) is 0 Å². The van der Waals surface area contributed by atoms with E-state index in [1.165, 1.54) is 0 Å². The predicted octanol–water partition coefficient (Wildman–Crippen LogP) is 2.68. The Bertz CT molecular complexity index is 391. The van der Waals surface area contributed by atoms with Gasteiger partial charge in [0, 0.05) is 10.5 Å². The van der Waals surface area contributed by atoms with E-state index >= 15 is 0 Å². The van der Waals surface area contributed by atoms with Gasteiger partial charge in [-0.05, 0) is 47.5 Å². The molecule has 0 aliphatic carbocycles. The van der Waals surface area contributed by atoms with Gasteiger partial charge in [0.25, 0.3) is 0 Å². The van der Waals surface area contributed by atoms with Crippen LogP contribution in [0.4, 0.5) is 5.69 Å². The van der Waals surface area contributed by atoms with Gasteiger partial charge in [-0.15, -0.1) is 0 Å². The van der Waals surface area contributed by atoms with Crippen LogP contribution in [0.15, 0.2) is 22.7 Å². The molecule has 4 heteroatoms. The molecular formula is C12H17BrN2O. The lowest BCUT2D eigenvalue weighted by Crippen LogP contribution is -2.34. The van der Waals surface area contributed by atoms with Gasteiger partial charge in [-0.3, -0.25) is 4.79 Å². The van der Waals surface area contributed by atoms with Gasteiger partial charge in [0.15, 0.2) is 0 Å². The van der Waals surface area contributed by atoms with E-state index in [0.717, 1.165) is 15.7 Å². The molecule has 3 nitrogen and oxygen atoms in total. The molecule has 16 heavy (non-hydrogen) atoms. The number of carbonyl (C=O) groups excluding carboxylic acids is 1. The first-order chi connectivity index (χ1) is 7.41. The van der Waals surface area contributed by atoms with Gasteiger partial charge in [-0.2, -0.15) is 0 Å². The fraction of sp³-hybridized carbons (Fsp3) is 0.417. The fourth-order valence-electron chi connectivity index (χ4n) is 1.21. The third-order valence-corrected chi connectivity index (χ3v) is 3.24. The Morgan fingerprint density at radius 3 is 2.56 bits per heavy atom. The topological polar surface area (TPSA) is 55.1 Å². The molecule has 0 aromatic heterocycles. The Kier molecular flexibility index (Phi) is 4.50. The second kappa shape index (κ2) is 5.46. The molecule has 3 N–H and O–H groups in total. The third kappa shape index (κ3) is 3.32. The van der Waals surface area contributed by atoms with Crippen molar-refractivity contribution in [2.45, 2.75) is 26.8 Å². The maximum atomic E-state index is 11.8. The summed E-state index contributed by atoms with van der Waals surface area (Å²) in [6, 6.07) is 5.65. The Morgan fingerprint density at radius 1 is 1.44 bits per heavy atom. The lowest BCUT2D eigenvalue weighted by atomic mass is 10.0. The minimum absolute atomic E-state index is 0.0560. The minimum Gasteiger partial charge on any atom is -0.327 e. The van der Waals surface area contributed by atoms with Crippen molar-refractivity contribution in [1.82, 2.24) is 0 Å². The largest absolute Gasteiger partial charge is 0.327 e. The molecule has 0 heterocycles. The first-order valence-corrected chi connectivity index (χ1v) is 6.03. The van der Waals surface area contributed by atoms with Crippen molar-refractivity contribution in [2.75, 3.05) is 5.32 Å². The highest BCUT2D eigenvalue weighted by Gasteiger charge is 2.17.